The van der Waals surface area contributed by atoms with Crippen LogP contribution in [0.15, 0.2) is 48.5 Å². The molecule has 0 aliphatic carbocycles. The number of hydrogen-bond acceptors (Lipinski definition) is 4. The van der Waals surface area contributed by atoms with Crippen molar-refractivity contribution in [3.8, 4) is 11.1 Å². The van der Waals surface area contributed by atoms with Gasteiger partial charge in [0.05, 0.1) is 16.1 Å². The fraction of sp³-hybridized carbons (Fsp3) is 0.158. The normalized spacial score (nSPS) is 14.8. The summed E-state index contributed by atoms with van der Waals surface area (Å²) in [7, 11) is 3.26. The lowest BCUT2D eigenvalue weighted by molar-refractivity contribution is 0.0961. The van der Waals surface area contributed by atoms with Gasteiger partial charge in [0.15, 0.2) is 0 Å². The van der Waals surface area contributed by atoms with Gasteiger partial charge in [0.2, 0.25) is 0 Å². The van der Waals surface area contributed by atoms with E-state index >= 15 is 0 Å². The number of amides is 1. The lowest BCUT2D eigenvalue weighted by atomic mass is 9.87. The Morgan fingerprint density at radius 2 is 1.88 bits per heavy atom. The zero-order chi connectivity index (χ0) is 17.8. The van der Waals surface area contributed by atoms with Crippen molar-refractivity contribution >= 4 is 56.1 Å². The molecular formula is C19H14ClNOS3. The van der Waals surface area contributed by atoms with Gasteiger partial charge in [-0.25, -0.2) is 0 Å². The summed E-state index contributed by atoms with van der Waals surface area (Å²) in [6, 6.07) is 15.1. The van der Waals surface area contributed by atoms with E-state index in [1.807, 2.05) is 29.2 Å². The number of halogens is 1. The SMILES string of the molecule is CC1(C)c2ssc(=S)c2-c2ccccc2N1C(=O)c1cccc(Cl)c1. The van der Waals surface area contributed by atoms with Crippen molar-refractivity contribution in [1.82, 2.24) is 0 Å². The van der Waals surface area contributed by atoms with Crippen molar-refractivity contribution in [3.05, 3.63) is 67.8 Å². The molecule has 0 fully saturated rings. The number of carbonyl (C=O) groups is 1. The maximum atomic E-state index is 13.4. The number of carbonyl (C=O) groups excluding carboxylic acids is 1. The maximum absolute atomic E-state index is 13.4. The van der Waals surface area contributed by atoms with E-state index in [0.717, 1.165) is 25.5 Å². The molecule has 2 heterocycles. The highest BCUT2D eigenvalue weighted by molar-refractivity contribution is 7.80. The predicted molar refractivity (Wildman–Crippen MR) is 110 cm³/mol. The van der Waals surface area contributed by atoms with E-state index in [9.17, 15) is 4.79 Å². The van der Waals surface area contributed by atoms with Crippen LogP contribution in [0.1, 0.15) is 29.1 Å². The number of para-hydroxylation sites is 1. The summed E-state index contributed by atoms with van der Waals surface area (Å²) in [6.45, 7) is 4.14. The predicted octanol–water partition coefficient (Wildman–Crippen LogP) is 6.75. The molecule has 1 aromatic heterocycles. The van der Waals surface area contributed by atoms with Gasteiger partial charge in [0, 0.05) is 21.7 Å². The second-order valence-electron chi connectivity index (χ2n) is 6.39. The highest BCUT2D eigenvalue weighted by Gasteiger charge is 2.43. The van der Waals surface area contributed by atoms with E-state index in [1.165, 1.54) is 0 Å². The highest BCUT2D eigenvalue weighted by Crippen LogP contribution is 2.52. The van der Waals surface area contributed by atoms with Crippen molar-refractivity contribution in [3.63, 3.8) is 0 Å². The Kier molecular flexibility index (Phi) is 4.07. The third-order valence-corrected chi connectivity index (χ3v) is 8.00. The maximum Gasteiger partial charge on any atom is 0.259 e. The van der Waals surface area contributed by atoms with Gasteiger partial charge >= 0.3 is 0 Å². The fourth-order valence-corrected chi connectivity index (χ4v) is 6.76. The Morgan fingerprint density at radius 3 is 2.64 bits per heavy atom. The van der Waals surface area contributed by atoms with Crippen LogP contribution in [0.4, 0.5) is 5.69 Å². The van der Waals surface area contributed by atoms with Crippen LogP contribution in [0.25, 0.3) is 11.1 Å². The van der Waals surface area contributed by atoms with Gasteiger partial charge in [0.25, 0.3) is 5.91 Å². The summed E-state index contributed by atoms with van der Waals surface area (Å²) >= 11 is 11.7. The third-order valence-electron chi connectivity index (χ3n) is 4.44. The monoisotopic (exact) mass is 403 g/mol. The van der Waals surface area contributed by atoms with E-state index in [-0.39, 0.29) is 5.91 Å². The minimum Gasteiger partial charge on any atom is -0.297 e. The molecule has 0 saturated heterocycles. The molecule has 25 heavy (non-hydrogen) atoms. The van der Waals surface area contributed by atoms with Gasteiger partial charge in [-0.15, -0.1) is 0 Å². The molecule has 3 aromatic rings. The van der Waals surface area contributed by atoms with E-state index < -0.39 is 5.54 Å². The molecule has 0 spiro atoms. The number of rotatable bonds is 1. The van der Waals surface area contributed by atoms with Crippen LogP contribution < -0.4 is 4.90 Å². The second-order valence-corrected chi connectivity index (χ2v) is 9.64. The number of benzene rings is 2. The summed E-state index contributed by atoms with van der Waals surface area (Å²) in [6.07, 6.45) is 0. The molecule has 6 heteroatoms. The summed E-state index contributed by atoms with van der Waals surface area (Å²) in [5, 5.41) is 0.556. The zero-order valence-corrected chi connectivity index (χ0v) is 16.8. The van der Waals surface area contributed by atoms with Crippen LogP contribution in [0.2, 0.25) is 5.02 Å². The van der Waals surface area contributed by atoms with Crippen LogP contribution >= 0.6 is 44.5 Å². The topological polar surface area (TPSA) is 20.3 Å². The minimum absolute atomic E-state index is 0.0603. The van der Waals surface area contributed by atoms with Crippen molar-refractivity contribution in [2.45, 2.75) is 19.4 Å². The Morgan fingerprint density at radius 1 is 1.12 bits per heavy atom. The molecule has 2 aromatic carbocycles. The average Bonchev–Trinajstić information content (AvgIpc) is 2.98. The summed E-state index contributed by atoms with van der Waals surface area (Å²) in [4.78, 5) is 16.4. The van der Waals surface area contributed by atoms with E-state index in [0.29, 0.717) is 10.6 Å². The Hall–Kier alpha value is -1.53. The minimum atomic E-state index is -0.485. The molecule has 126 valence electrons. The quantitative estimate of drug-likeness (QED) is 0.330. The van der Waals surface area contributed by atoms with Gasteiger partial charge < -0.3 is 0 Å². The standard InChI is InChI=1S/C19H14ClNOS3/c1-19(2)16-15(18(23)25-24-16)13-8-3-4-9-14(13)21(19)17(22)11-6-5-7-12(20)10-11/h3-10H,1-2H3. The lowest BCUT2D eigenvalue weighted by Gasteiger charge is -2.43. The highest BCUT2D eigenvalue weighted by atomic mass is 35.5. The molecule has 1 aliphatic rings. The molecule has 0 bridgehead atoms. The van der Waals surface area contributed by atoms with Crippen molar-refractivity contribution in [2.75, 3.05) is 4.90 Å². The Balaban J connectivity index is 1.97. The molecule has 0 radical (unpaired) electrons. The zero-order valence-electron chi connectivity index (χ0n) is 13.6. The first kappa shape index (κ1) is 16.9. The Labute approximate surface area is 163 Å². The number of fused-ring (bicyclic) bond motifs is 3. The molecule has 0 N–H and O–H groups in total. The third kappa shape index (κ3) is 2.57. The molecular weight excluding hydrogens is 390 g/mol. The van der Waals surface area contributed by atoms with Gasteiger partial charge in [0.1, 0.15) is 3.82 Å². The fourth-order valence-electron chi connectivity index (χ4n) is 3.29. The first-order valence-electron chi connectivity index (χ1n) is 7.74. The van der Waals surface area contributed by atoms with Crippen molar-refractivity contribution in [2.24, 2.45) is 0 Å². The summed E-state index contributed by atoms with van der Waals surface area (Å²) in [5.74, 6) is -0.0603. The van der Waals surface area contributed by atoms with Crippen molar-refractivity contribution < 1.29 is 4.79 Å². The smallest absolute Gasteiger partial charge is 0.259 e. The van der Waals surface area contributed by atoms with Gasteiger partial charge in [-0.05, 0) is 38.1 Å². The van der Waals surface area contributed by atoms with Crippen LogP contribution in [0, 0.1) is 3.82 Å². The second kappa shape index (κ2) is 6.02. The first-order valence-corrected chi connectivity index (χ1v) is 10.7. The largest absolute Gasteiger partial charge is 0.297 e. The lowest BCUT2D eigenvalue weighted by Crippen LogP contribution is -2.47. The van der Waals surface area contributed by atoms with E-state index in [4.69, 9.17) is 23.8 Å². The van der Waals surface area contributed by atoms with Crippen LogP contribution in [-0.4, -0.2) is 5.91 Å². The number of hydrogen-bond donors (Lipinski definition) is 0. The van der Waals surface area contributed by atoms with Crippen LogP contribution in [0.3, 0.4) is 0 Å². The molecule has 1 amide bonds. The molecule has 0 unspecified atom stereocenters. The average molecular weight is 404 g/mol. The molecule has 2 nitrogen and oxygen atoms in total. The van der Waals surface area contributed by atoms with Crippen LogP contribution in [0.5, 0.6) is 0 Å². The molecule has 1 aliphatic heterocycles. The van der Waals surface area contributed by atoms with Gasteiger partial charge in [-0.1, -0.05) is 68.8 Å². The van der Waals surface area contributed by atoms with Gasteiger partial charge in [-0.3, -0.25) is 9.69 Å². The molecule has 0 saturated carbocycles. The first-order chi connectivity index (χ1) is 11.9. The van der Waals surface area contributed by atoms with E-state index in [2.05, 4.69) is 13.8 Å². The van der Waals surface area contributed by atoms with Crippen molar-refractivity contribution in [1.29, 1.82) is 0 Å². The van der Waals surface area contributed by atoms with Gasteiger partial charge in [-0.2, -0.15) is 0 Å². The molecule has 0 atom stereocenters. The summed E-state index contributed by atoms with van der Waals surface area (Å²) < 4.78 is 0.885. The Bertz CT molecular complexity index is 1050. The summed E-state index contributed by atoms with van der Waals surface area (Å²) in [5.41, 5.74) is 3.11. The number of anilines is 1. The van der Waals surface area contributed by atoms with Crippen LogP contribution in [-0.2, 0) is 5.54 Å². The number of nitrogens with zero attached hydrogens (tertiary/aromatic N) is 1. The van der Waals surface area contributed by atoms with E-state index in [1.54, 1.807) is 44.9 Å². The molecule has 4 rings (SSSR count).